The molecular formula is C27H25NO5S. The van der Waals surface area contributed by atoms with E-state index in [0.29, 0.717) is 18.8 Å². The number of rotatable bonds is 8. The number of fused-ring (bicyclic) bond motifs is 1. The maximum absolute atomic E-state index is 12.7. The maximum Gasteiger partial charge on any atom is 0.326 e. The van der Waals surface area contributed by atoms with Crippen LogP contribution >= 0.6 is 11.8 Å². The molecule has 1 atom stereocenters. The lowest BCUT2D eigenvalue weighted by molar-refractivity contribution is -0.150. The van der Waals surface area contributed by atoms with Gasteiger partial charge in [-0.25, -0.2) is 0 Å². The Morgan fingerprint density at radius 3 is 2.65 bits per heavy atom. The molecule has 174 valence electrons. The van der Waals surface area contributed by atoms with Crippen LogP contribution in [0.4, 0.5) is 4.79 Å². The fourth-order valence-electron chi connectivity index (χ4n) is 3.54. The van der Waals surface area contributed by atoms with Crippen molar-refractivity contribution in [2.24, 2.45) is 0 Å². The van der Waals surface area contributed by atoms with Crippen molar-refractivity contribution in [1.29, 1.82) is 0 Å². The van der Waals surface area contributed by atoms with Crippen molar-refractivity contribution in [3.05, 3.63) is 82.8 Å². The fraction of sp³-hybridized carbons (Fsp3) is 0.222. The second-order valence-electron chi connectivity index (χ2n) is 7.98. The smallest absolute Gasteiger partial charge is 0.326 e. The van der Waals surface area contributed by atoms with Gasteiger partial charge in [0.15, 0.2) is 0 Å². The van der Waals surface area contributed by atoms with Gasteiger partial charge >= 0.3 is 5.97 Å². The summed E-state index contributed by atoms with van der Waals surface area (Å²) in [6.45, 7) is 3.67. The molecule has 3 aromatic rings. The third-order valence-electron chi connectivity index (χ3n) is 5.50. The molecule has 1 heterocycles. The summed E-state index contributed by atoms with van der Waals surface area (Å²) in [6, 6.07) is 21.6. The lowest BCUT2D eigenvalue weighted by Gasteiger charge is -2.14. The van der Waals surface area contributed by atoms with Crippen molar-refractivity contribution in [2.45, 2.75) is 33.0 Å². The minimum Gasteiger partial charge on any atom is -0.489 e. The van der Waals surface area contributed by atoms with Crippen molar-refractivity contribution in [3.8, 4) is 5.75 Å². The molecule has 1 aliphatic heterocycles. The number of hydrogen-bond acceptors (Lipinski definition) is 6. The van der Waals surface area contributed by atoms with Crippen molar-refractivity contribution in [2.75, 3.05) is 6.54 Å². The number of ether oxygens (including phenoxy) is 2. The highest BCUT2D eigenvalue weighted by Crippen LogP contribution is 2.32. The van der Waals surface area contributed by atoms with E-state index in [4.69, 9.17) is 9.47 Å². The van der Waals surface area contributed by atoms with Crippen LogP contribution in [-0.2, 0) is 20.9 Å². The van der Waals surface area contributed by atoms with E-state index in [1.54, 1.807) is 13.0 Å². The molecule has 4 rings (SSSR count). The van der Waals surface area contributed by atoms with E-state index < -0.39 is 17.1 Å². The van der Waals surface area contributed by atoms with E-state index in [1.165, 1.54) is 0 Å². The molecule has 0 N–H and O–H groups in total. The van der Waals surface area contributed by atoms with Crippen LogP contribution in [0.5, 0.6) is 5.75 Å². The molecule has 2 amide bonds. The highest BCUT2D eigenvalue weighted by molar-refractivity contribution is 8.18. The summed E-state index contributed by atoms with van der Waals surface area (Å²) in [5.74, 6) is -0.446. The first-order valence-electron chi connectivity index (χ1n) is 11.1. The van der Waals surface area contributed by atoms with Gasteiger partial charge in [-0.15, -0.1) is 0 Å². The highest BCUT2D eigenvalue weighted by Gasteiger charge is 2.36. The Hall–Kier alpha value is -3.58. The maximum atomic E-state index is 12.7. The molecule has 0 saturated carbocycles. The molecule has 0 radical (unpaired) electrons. The molecule has 34 heavy (non-hydrogen) atoms. The van der Waals surface area contributed by atoms with Gasteiger partial charge in [0, 0.05) is 0 Å². The molecule has 1 aliphatic rings. The van der Waals surface area contributed by atoms with Crippen molar-refractivity contribution < 1.29 is 23.9 Å². The summed E-state index contributed by atoms with van der Waals surface area (Å²) in [5.41, 5.74) is 1.80. The van der Waals surface area contributed by atoms with E-state index >= 15 is 0 Å². The Balaban J connectivity index is 1.44. The topological polar surface area (TPSA) is 72.9 Å². The van der Waals surface area contributed by atoms with Crippen LogP contribution in [0.25, 0.3) is 16.8 Å². The van der Waals surface area contributed by atoms with Gasteiger partial charge in [0.05, 0.1) is 11.0 Å². The van der Waals surface area contributed by atoms with E-state index in [9.17, 15) is 14.4 Å². The molecule has 0 aromatic heterocycles. The van der Waals surface area contributed by atoms with E-state index in [0.717, 1.165) is 38.6 Å². The molecule has 0 aliphatic carbocycles. The normalized spacial score (nSPS) is 15.7. The first-order chi connectivity index (χ1) is 16.4. The number of thioether (sulfide) groups is 1. The molecule has 6 nitrogen and oxygen atoms in total. The van der Waals surface area contributed by atoms with E-state index in [2.05, 4.69) is 18.2 Å². The van der Waals surface area contributed by atoms with Gasteiger partial charge in [0.2, 0.25) is 0 Å². The van der Waals surface area contributed by atoms with Crippen LogP contribution in [-0.4, -0.2) is 34.7 Å². The van der Waals surface area contributed by atoms with Gasteiger partial charge in [-0.3, -0.25) is 19.3 Å². The van der Waals surface area contributed by atoms with Gasteiger partial charge in [-0.2, -0.15) is 0 Å². The quantitative estimate of drug-likeness (QED) is 0.303. The number of imide groups is 1. The predicted octanol–water partition coefficient (Wildman–Crippen LogP) is 5.80. The molecule has 1 fully saturated rings. The summed E-state index contributed by atoms with van der Waals surface area (Å²) in [4.78, 5) is 38.2. The number of benzene rings is 3. The average Bonchev–Trinajstić information content (AvgIpc) is 3.10. The molecular weight excluding hydrogens is 450 g/mol. The molecule has 7 heteroatoms. The minimum absolute atomic E-state index is 0.257. The largest absolute Gasteiger partial charge is 0.489 e. The monoisotopic (exact) mass is 475 g/mol. The Morgan fingerprint density at radius 1 is 1.06 bits per heavy atom. The molecule has 0 unspecified atom stereocenters. The molecule has 0 bridgehead atoms. The lowest BCUT2D eigenvalue weighted by atomic mass is 10.1. The van der Waals surface area contributed by atoms with Gasteiger partial charge in [-0.05, 0) is 65.2 Å². The highest BCUT2D eigenvalue weighted by atomic mass is 32.2. The summed E-state index contributed by atoms with van der Waals surface area (Å²) in [6.07, 6.45) is 2.03. The van der Waals surface area contributed by atoms with Crippen LogP contribution in [0.2, 0.25) is 0 Å². The Bertz CT molecular complexity index is 1260. The van der Waals surface area contributed by atoms with Crippen molar-refractivity contribution >= 4 is 45.7 Å². The zero-order valence-corrected chi connectivity index (χ0v) is 19.8. The van der Waals surface area contributed by atoms with Gasteiger partial charge in [0.1, 0.15) is 18.9 Å². The lowest BCUT2D eigenvalue weighted by Crippen LogP contribution is -2.35. The Morgan fingerprint density at radius 2 is 1.82 bits per heavy atom. The van der Waals surface area contributed by atoms with Gasteiger partial charge in [0.25, 0.3) is 11.1 Å². The van der Waals surface area contributed by atoms with Crippen LogP contribution in [0.15, 0.2) is 71.6 Å². The summed E-state index contributed by atoms with van der Waals surface area (Å²) >= 11 is 0.811. The Kier molecular flexibility index (Phi) is 7.33. The second kappa shape index (κ2) is 10.6. The minimum atomic E-state index is -0.596. The number of carbonyl (C=O) groups is 3. The average molecular weight is 476 g/mol. The third-order valence-corrected chi connectivity index (χ3v) is 6.41. The summed E-state index contributed by atoms with van der Waals surface area (Å²) < 4.78 is 11.2. The second-order valence-corrected chi connectivity index (χ2v) is 8.97. The number of esters is 1. The number of carbonyl (C=O) groups excluding carboxylic acids is 3. The number of nitrogens with zero attached hydrogens (tertiary/aromatic N) is 1. The zero-order chi connectivity index (χ0) is 24.1. The molecule has 3 aromatic carbocycles. The van der Waals surface area contributed by atoms with Gasteiger partial charge in [-0.1, -0.05) is 61.5 Å². The summed E-state index contributed by atoms with van der Waals surface area (Å²) in [5, 5.41) is 1.81. The van der Waals surface area contributed by atoms with E-state index in [-0.39, 0.29) is 17.6 Å². The predicted molar refractivity (Wildman–Crippen MR) is 133 cm³/mol. The van der Waals surface area contributed by atoms with Crippen LogP contribution in [0.1, 0.15) is 31.4 Å². The first-order valence-corrected chi connectivity index (χ1v) is 11.9. The van der Waals surface area contributed by atoms with Crippen LogP contribution < -0.4 is 4.74 Å². The van der Waals surface area contributed by atoms with Gasteiger partial charge < -0.3 is 9.47 Å². The first kappa shape index (κ1) is 23.6. The van der Waals surface area contributed by atoms with Crippen molar-refractivity contribution in [1.82, 2.24) is 4.90 Å². The van der Waals surface area contributed by atoms with Crippen LogP contribution in [0.3, 0.4) is 0 Å². The summed E-state index contributed by atoms with van der Waals surface area (Å²) in [7, 11) is 0. The molecule has 0 spiro atoms. The van der Waals surface area contributed by atoms with Crippen molar-refractivity contribution in [3.63, 3.8) is 0 Å². The zero-order valence-electron chi connectivity index (χ0n) is 19.0. The SMILES string of the molecule is CC[C@@H](C)OC(=O)CN1C(=O)S/C(=C/c2cccc(OCc3cccc4ccccc34)c2)C1=O. The molecule has 1 saturated heterocycles. The van der Waals surface area contributed by atoms with E-state index in [1.807, 2.05) is 55.5 Å². The number of hydrogen-bond donors (Lipinski definition) is 0. The third kappa shape index (κ3) is 5.48. The fourth-order valence-corrected chi connectivity index (χ4v) is 4.37. The number of amides is 2. The standard InChI is InChI=1S/C27H25NO5S/c1-3-18(2)33-25(29)16-28-26(30)24(34-27(28)31)15-19-8-6-12-22(14-19)32-17-21-11-7-10-20-9-4-5-13-23(20)21/h4-15,18H,3,16-17H2,1-2H3/b24-15+/t18-/m1/s1. The Labute approximate surface area is 202 Å². The van der Waals surface area contributed by atoms with Crippen LogP contribution in [0, 0.1) is 0 Å².